The zero-order valence-corrected chi connectivity index (χ0v) is 10.9. The van der Waals surface area contributed by atoms with Crippen LogP contribution in [0.5, 0.6) is 0 Å². The number of ether oxygens (including phenoxy) is 2. The van der Waals surface area contributed by atoms with Gasteiger partial charge >= 0.3 is 6.09 Å². The van der Waals surface area contributed by atoms with Crippen LogP contribution < -0.4 is 5.32 Å². The number of piperidine rings is 1. The summed E-state index contributed by atoms with van der Waals surface area (Å²) in [5.74, 6) is -0.0358. The van der Waals surface area contributed by atoms with Crippen molar-refractivity contribution in [3.8, 4) is 0 Å². The monoisotopic (exact) mass is 254 g/mol. The first-order valence-electron chi connectivity index (χ1n) is 6.25. The molecule has 3 aliphatic heterocycles. The molecule has 6 nitrogen and oxygen atoms in total. The largest absolute Gasteiger partial charge is 0.444 e. The fourth-order valence-corrected chi connectivity index (χ4v) is 2.88. The molecule has 3 aliphatic rings. The van der Waals surface area contributed by atoms with Crippen molar-refractivity contribution in [2.24, 2.45) is 0 Å². The zero-order valence-electron chi connectivity index (χ0n) is 10.9. The zero-order chi connectivity index (χ0) is 13.2. The number of epoxide rings is 1. The van der Waals surface area contributed by atoms with E-state index in [4.69, 9.17) is 9.47 Å². The molecule has 0 saturated carbocycles. The molecule has 0 radical (unpaired) electrons. The second-order valence-electron chi connectivity index (χ2n) is 6.26. The van der Waals surface area contributed by atoms with Gasteiger partial charge in [-0.3, -0.25) is 4.79 Å². The van der Waals surface area contributed by atoms with E-state index in [9.17, 15) is 9.59 Å². The van der Waals surface area contributed by atoms with Gasteiger partial charge < -0.3 is 19.7 Å². The number of carbonyl (C=O) groups excluding carboxylic acids is 2. The minimum atomic E-state index is -0.661. The summed E-state index contributed by atoms with van der Waals surface area (Å²) in [6.45, 7) is 6.94. The summed E-state index contributed by atoms with van der Waals surface area (Å²) in [5, 5.41) is 2.81. The molecule has 0 aromatic heterocycles. The molecular formula is C12H18N2O4. The Morgan fingerprint density at radius 2 is 2.22 bits per heavy atom. The third-order valence-electron chi connectivity index (χ3n) is 3.80. The highest BCUT2D eigenvalue weighted by molar-refractivity contribution is 5.94. The van der Waals surface area contributed by atoms with Gasteiger partial charge in [-0.2, -0.15) is 0 Å². The third kappa shape index (κ3) is 1.44. The van der Waals surface area contributed by atoms with Crippen molar-refractivity contribution in [2.75, 3.05) is 19.6 Å². The Morgan fingerprint density at radius 3 is 2.89 bits per heavy atom. The molecule has 1 N–H and O–H groups in total. The molecule has 0 bridgehead atoms. The number of carbonyl (C=O) groups is 2. The van der Waals surface area contributed by atoms with Crippen molar-refractivity contribution in [1.82, 2.24) is 10.2 Å². The van der Waals surface area contributed by atoms with E-state index in [1.165, 1.54) is 0 Å². The van der Waals surface area contributed by atoms with Crippen LogP contribution in [0, 0.1) is 0 Å². The number of amides is 2. The minimum Gasteiger partial charge on any atom is -0.444 e. The van der Waals surface area contributed by atoms with E-state index >= 15 is 0 Å². The Morgan fingerprint density at radius 1 is 1.50 bits per heavy atom. The number of likely N-dealkylation sites (tertiary alicyclic amines) is 1. The van der Waals surface area contributed by atoms with Gasteiger partial charge in [-0.25, -0.2) is 4.79 Å². The summed E-state index contributed by atoms with van der Waals surface area (Å²) >= 11 is 0. The van der Waals surface area contributed by atoms with Gasteiger partial charge in [0.1, 0.15) is 11.2 Å². The van der Waals surface area contributed by atoms with Gasteiger partial charge in [-0.05, 0) is 20.8 Å². The summed E-state index contributed by atoms with van der Waals surface area (Å²) in [7, 11) is 0. The second kappa shape index (κ2) is 3.17. The average Bonchev–Trinajstić information content (AvgIpc) is 2.85. The number of rotatable bonds is 0. The molecular weight excluding hydrogens is 236 g/mol. The van der Waals surface area contributed by atoms with E-state index in [1.54, 1.807) is 4.90 Å². The molecule has 18 heavy (non-hydrogen) atoms. The Labute approximate surface area is 106 Å². The van der Waals surface area contributed by atoms with Crippen molar-refractivity contribution in [1.29, 1.82) is 0 Å². The molecule has 0 aromatic rings. The summed E-state index contributed by atoms with van der Waals surface area (Å²) in [6, 6.07) is 0. The molecule has 100 valence electrons. The fourth-order valence-electron chi connectivity index (χ4n) is 2.88. The predicted molar refractivity (Wildman–Crippen MR) is 62.0 cm³/mol. The molecule has 0 spiro atoms. The Bertz CT molecular complexity index is 430. The lowest BCUT2D eigenvalue weighted by Crippen LogP contribution is -2.50. The van der Waals surface area contributed by atoms with Crippen LogP contribution in [0.2, 0.25) is 0 Å². The molecule has 3 saturated heterocycles. The van der Waals surface area contributed by atoms with E-state index in [0.29, 0.717) is 26.1 Å². The first kappa shape index (κ1) is 11.8. The highest BCUT2D eigenvalue weighted by Gasteiger charge is 2.80. The minimum absolute atomic E-state index is 0.0358. The van der Waals surface area contributed by atoms with Crippen LogP contribution in [-0.4, -0.2) is 53.3 Å². The molecule has 3 fully saturated rings. The summed E-state index contributed by atoms with van der Waals surface area (Å²) in [5.41, 5.74) is -1.66. The second-order valence-corrected chi connectivity index (χ2v) is 6.26. The number of morpholine rings is 1. The molecule has 3 heterocycles. The van der Waals surface area contributed by atoms with Crippen LogP contribution in [0.15, 0.2) is 0 Å². The Balaban J connectivity index is 1.69. The van der Waals surface area contributed by atoms with Gasteiger partial charge in [-0.15, -0.1) is 0 Å². The van der Waals surface area contributed by atoms with Gasteiger partial charge in [-0.1, -0.05) is 0 Å². The predicted octanol–water partition coefficient (Wildman–Crippen LogP) is 0.265. The van der Waals surface area contributed by atoms with Gasteiger partial charge in [0, 0.05) is 13.0 Å². The molecule has 2 unspecified atom stereocenters. The van der Waals surface area contributed by atoms with Crippen LogP contribution in [0.25, 0.3) is 0 Å². The highest BCUT2D eigenvalue weighted by atomic mass is 16.6. The molecule has 0 aromatic carbocycles. The van der Waals surface area contributed by atoms with E-state index in [-0.39, 0.29) is 12.0 Å². The van der Waals surface area contributed by atoms with Gasteiger partial charge in [0.25, 0.3) is 5.91 Å². The topological polar surface area (TPSA) is 71.2 Å². The maximum Gasteiger partial charge on any atom is 0.410 e. The van der Waals surface area contributed by atoms with E-state index < -0.39 is 16.8 Å². The number of nitrogens with one attached hydrogen (secondary N) is 1. The quantitative estimate of drug-likeness (QED) is 0.630. The molecule has 0 aliphatic carbocycles. The van der Waals surface area contributed by atoms with Crippen molar-refractivity contribution < 1.29 is 19.1 Å². The Kier molecular flexibility index (Phi) is 2.07. The SMILES string of the molecule is CC(C)(C)OC(=O)N1CCC23OC2(CNC3=O)C1. The van der Waals surface area contributed by atoms with Crippen LogP contribution in [0.1, 0.15) is 27.2 Å². The Hall–Kier alpha value is -1.30. The maximum atomic E-state index is 12.0. The van der Waals surface area contributed by atoms with Gasteiger partial charge in [0.15, 0.2) is 5.60 Å². The van der Waals surface area contributed by atoms with Crippen molar-refractivity contribution in [3.05, 3.63) is 0 Å². The summed E-state index contributed by atoms with van der Waals surface area (Å²) in [6.07, 6.45) is 0.221. The summed E-state index contributed by atoms with van der Waals surface area (Å²) in [4.78, 5) is 25.3. The standard InChI is InChI=1S/C12H18N2O4/c1-10(2,3)17-9(16)14-5-4-12-8(15)13-6-11(12,7-14)18-12/h4-7H2,1-3H3,(H,13,15). The molecule has 2 amide bonds. The first-order valence-corrected chi connectivity index (χ1v) is 6.25. The van der Waals surface area contributed by atoms with E-state index in [1.807, 2.05) is 20.8 Å². The van der Waals surface area contributed by atoms with Crippen molar-refractivity contribution >= 4 is 12.0 Å². The lowest BCUT2D eigenvalue weighted by Gasteiger charge is -2.31. The number of hydrogen-bond acceptors (Lipinski definition) is 4. The van der Waals surface area contributed by atoms with Crippen LogP contribution >= 0.6 is 0 Å². The highest BCUT2D eigenvalue weighted by Crippen LogP contribution is 2.56. The molecule has 2 atom stereocenters. The molecule has 3 rings (SSSR count). The summed E-state index contributed by atoms with van der Waals surface area (Å²) < 4.78 is 11.0. The normalized spacial score (nSPS) is 37.7. The lowest BCUT2D eigenvalue weighted by atomic mass is 9.88. The van der Waals surface area contributed by atoms with E-state index in [2.05, 4.69) is 5.32 Å². The maximum absolute atomic E-state index is 12.0. The van der Waals surface area contributed by atoms with E-state index in [0.717, 1.165) is 0 Å². The van der Waals surface area contributed by atoms with Crippen LogP contribution in [0.4, 0.5) is 4.79 Å². The lowest BCUT2D eigenvalue weighted by molar-refractivity contribution is -0.126. The van der Waals surface area contributed by atoms with Gasteiger partial charge in [0.05, 0.1) is 13.1 Å². The molecule has 6 heteroatoms. The van der Waals surface area contributed by atoms with Gasteiger partial charge in [0.2, 0.25) is 0 Å². The third-order valence-corrected chi connectivity index (χ3v) is 3.80. The van der Waals surface area contributed by atoms with Crippen LogP contribution in [0.3, 0.4) is 0 Å². The fraction of sp³-hybridized carbons (Fsp3) is 0.833. The van der Waals surface area contributed by atoms with Crippen molar-refractivity contribution in [3.63, 3.8) is 0 Å². The number of hydrogen-bond donors (Lipinski definition) is 1. The van der Waals surface area contributed by atoms with Crippen LogP contribution in [-0.2, 0) is 14.3 Å². The average molecular weight is 254 g/mol. The van der Waals surface area contributed by atoms with Crippen molar-refractivity contribution in [2.45, 2.75) is 44.0 Å². The first-order chi connectivity index (χ1) is 8.28. The smallest absolute Gasteiger partial charge is 0.410 e. The number of nitrogens with zero attached hydrogens (tertiary/aromatic N) is 1.